The summed E-state index contributed by atoms with van der Waals surface area (Å²) in [5.41, 5.74) is 0.202. The van der Waals surface area contributed by atoms with E-state index in [1.165, 1.54) is 16.4 Å². The van der Waals surface area contributed by atoms with E-state index < -0.39 is 27.7 Å². The fourth-order valence-electron chi connectivity index (χ4n) is 3.90. The molecule has 1 heterocycles. The second-order valence-corrected chi connectivity index (χ2v) is 9.78. The monoisotopic (exact) mass is 483 g/mol. The van der Waals surface area contributed by atoms with Gasteiger partial charge in [0, 0.05) is 31.7 Å². The van der Waals surface area contributed by atoms with Gasteiger partial charge in [0.05, 0.1) is 21.8 Å². The Morgan fingerprint density at radius 2 is 1.61 bits per heavy atom. The van der Waals surface area contributed by atoms with E-state index in [9.17, 15) is 26.4 Å². The van der Waals surface area contributed by atoms with Crippen LogP contribution in [0.2, 0.25) is 0 Å². The minimum absolute atomic E-state index is 0.0459. The molecular weight excluding hydrogens is 455 g/mol. The van der Waals surface area contributed by atoms with Crippen LogP contribution in [0.3, 0.4) is 0 Å². The van der Waals surface area contributed by atoms with E-state index in [-0.39, 0.29) is 10.5 Å². The van der Waals surface area contributed by atoms with Crippen LogP contribution in [-0.4, -0.2) is 44.8 Å². The van der Waals surface area contributed by atoms with Crippen molar-refractivity contribution in [2.45, 2.75) is 44.2 Å². The molecule has 1 aliphatic rings. The van der Waals surface area contributed by atoms with Gasteiger partial charge in [0.25, 0.3) is 5.91 Å². The molecule has 1 N–H and O–H groups in total. The van der Waals surface area contributed by atoms with Gasteiger partial charge in [-0.25, -0.2) is 8.42 Å². The highest BCUT2D eigenvalue weighted by atomic mass is 32.2. The number of amides is 1. The maximum Gasteiger partial charge on any atom is 0.416 e. The molecule has 2 aromatic carbocycles. The second-order valence-electron chi connectivity index (χ2n) is 7.85. The van der Waals surface area contributed by atoms with E-state index in [0.717, 1.165) is 56.6 Å². The van der Waals surface area contributed by atoms with Crippen molar-refractivity contribution in [3.05, 3.63) is 53.6 Å². The van der Waals surface area contributed by atoms with Crippen molar-refractivity contribution in [1.29, 1.82) is 0 Å². The fraction of sp³-hybridized carbons (Fsp3) is 0.435. The molecule has 1 aliphatic heterocycles. The Morgan fingerprint density at radius 3 is 2.15 bits per heavy atom. The number of nitrogens with one attached hydrogen (secondary N) is 1. The van der Waals surface area contributed by atoms with Gasteiger partial charge in [0.2, 0.25) is 10.0 Å². The van der Waals surface area contributed by atoms with Gasteiger partial charge in [0.15, 0.2) is 0 Å². The van der Waals surface area contributed by atoms with Gasteiger partial charge in [-0.3, -0.25) is 4.79 Å². The molecule has 33 heavy (non-hydrogen) atoms. The lowest BCUT2D eigenvalue weighted by molar-refractivity contribution is -0.137. The van der Waals surface area contributed by atoms with Crippen molar-refractivity contribution in [3.8, 4) is 0 Å². The number of carbonyl (C=O) groups excluding carboxylic acids is 1. The number of hydrogen-bond donors (Lipinski definition) is 1. The van der Waals surface area contributed by atoms with E-state index in [0.29, 0.717) is 24.5 Å². The Morgan fingerprint density at radius 1 is 1.00 bits per heavy atom. The third-order valence-electron chi connectivity index (χ3n) is 5.73. The first kappa shape index (κ1) is 25.0. The number of nitrogens with zero attached hydrogens (tertiary/aromatic N) is 2. The van der Waals surface area contributed by atoms with Crippen LogP contribution < -0.4 is 10.2 Å². The van der Waals surface area contributed by atoms with Gasteiger partial charge >= 0.3 is 6.18 Å². The fourth-order valence-corrected chi connectivity index (χ4v) is 5.39. The number of halogens is 3. The molecule has 0 atom stereocenters. The van der Waals surface area contributed by atoms with Gasteiger partial charge in [-0.15, -0.1) is 0 Å². The Bertz CT molecular complexity index is 1080. The number of piperidine rings is 1. The van der Waals surface area contributed by atoms with Crippen molar-refractivity contribution in [2.24, 2.45) is 0 Å². The van der Waals surface area contributed by atoms with Crippen LogP contribution in [-0.2, 0) is 16.2 Å². The molecule has 3 rings (SSSR count). The van der Waals surface area contributed by atoms with Crippen molar-refractivity contribution in [3.63, 3.8) is 0 Å². The largest absolute Gasteiger partial charge is 0.416 e. The van der Waals surface area contributed by atoms with Gasteiger partial charge in [-0.1, -0.05) is 13.8 Å². The summed E-state index contributed by atoms with van der Waals surface area (Å²) in [6, 6.07) is 8.56. The van der Waals surface area contributed by atoms with Crippen molar-refractivity contribution in [2.75, 3.05) is 36.4 Å². The number of rotatable bonds is 7. The van der Waals surface area contributed by atoms with E-state index in [2.05, 4.69) is 10.2 Å². The van der Waals surface area contributed by atoms with Gasteiger partial charge in [0.1, 0.15) is 0 Å². The first-order valence-electron chi connectivity index (χ1n) is 11.0. The van der Waals surface area contributed by atoms with Gasteiger partial charge < -0.3 is 10.2 Å². The number of benzene rings is 2. The zero-order valence-corrected chi connectivity index (χ0v) is 19.5. The number of hydrogen-bond acceptors (Lipinski definition) is 4. The predicted molar refractivity (Wildman–Crippen MR) is 122 cm³/mol. The minimum Gasteiger partial charge on any atom is -0.370 e. The first-order chi connectivity index (χ1) is 15.6. The van der Waals surface area contributed by atoms with E-state index in [1.54, 1.807) is 19.9 Å². The SMILES string of the molecule is CCN(CC)S(=O)(=O)c1ccc(N2CCCCC2)c(NC(=O)c2ccc(C(F)(F)F)cc2)c1. The predicted octanol–water partition coefficient (Wildman–Crippen LogP) is 4.98. The average molecular weight is 484 g/mol. The van der Waals surface area contributed by atoms with Crippen LogP contribution in [0.1, 0.15) is 49.0 Å². The van der Waals surface area contributed by atoms with Crippen LogP contribution in [0.4, 0.5) is 24.5 Å². The van der Waals surface area contributed by atoms with Gasteiger partial charge in [-0.2, -0.15) is 17.5 Å². The summed E-state index contributed by atoms with van der Waals surface area (Å²) in [7, 11) is -3.76. The molecule has 0 bridgehead atoms. The van der Waals surface area contributed by atoms with Crippen LogP contribution in [0.25, 0.3) is 0 Å². The smallest absolute Gasteiger partial charge is 0.370 e. The number of carbonyl (C=O) groups is 1. The first-order valence-corrected chi connectivity index (χ1v) is 12.4. The standard InChI is InChI=1S/C23H28F3N3O3S/c1-3-29(4-2)33(31,32)19-12-13-21(28-14-6-5-7-15-28)20(16-19)27-22(30)17-8-10-18(11-9-17)23(24,25)26/h8-13,16H,3-7,14-15H2,1-2H3,(H,27,30). The maximum absolute atomic E-state index is 13.0. The normalized spacial score (nSPS) is 15.0. The lowest BCUT2D eigenvalue weighted by Crippen LogP contribution is -2.32. The molecule has 0 aromatic heterocycles. The molecule has 0 spiro atoms. The van der Waals surface area contributed by atoms with Crippen molar-refractivity contribution < 1.29 is 26.4 Å². The molecular formula is C23H28F3N3O3S. The molecule has 180 valence electrons. The molecule has 2 aromatic rings. The summed E-state index contributed by atoms with van der Waals surface area (Å²) in [4.78, 5) is 15.0. The molecule has 0 saturated carbocycles. The zero-order chi connectivity index (χ0) is 24.2. The van der Waals surface area contributed by atoms with Crippen LogP contribution >= 0.6 is 0 Å². The third-order valence-corrected chi connectivity index (χ3v) is 7.78. The molecule has 0 unspecified atom stereocenters. The molecule has 1 saturated heterocycles. The molecule has 10 heteroatoms. The highest BCUT2D eigenvalue weighted by molar-refractivity contribution is 7.89. The quantitative estimate of drug-likeness (QED) is 0.603. The zero-order valence-electron chi connectivity index (χ0n) is 18.7. The van der Waals surface area contributed by atoms with Crippen LogP contribution in [0.15, 0.2) is 47.4 Å². The lowest BCUT2D eigenvalue weighted by Gasteiger charge is -2.31. The van der Waals surface area contributed by atoms with Crippen molar-refractivity contribution >= 4 is 27.3 Å². The molecule has 0 radical (unpaired) electrons. The van der Waals surface area contributed by atoms with Crippen LogP contribution in [0, 0.1) is 0 Å². The number of anilines is 2. The van der Waals surface area contributed by atoms with Crippen LogP contribution in [0.5, 0.6) is 0 Å². The van der Waals surface area contributed by atoms with E-state index in [4.69, 9.17) is 0 Å². The summed E-state index contributed by atoms with van der Waals surface area (Å²) < 4.78 is 65.9. The number of alkyl halides is 3. The number of sulfonamides is 1. The minimum atomic E-state index is -4.50. The highest BCUT2D eigenvalue weighted by Gasteiger charge is 2.30. The lowest BCUT2D eigenvalue weighted by atomic mass is 10.1. The third kappa shape index (κ3) is 5.67. The molecule has 0 aliphatic carbocycles. The summed E-state index contributed by atoms with van der Waals surface area (Å²) in [5.74, 6) is -0.612. The van der Waals surface area contributed by atoms with E-state index >= 15 is 0 Å². The molecule has 6 nitrogen and oxygen atoms in total. The maximum atomic E-state index is 13.0. The summed E-state index contributed by atoms with van der Waals surface area (Å²) in [6.07, 6.45) is -1.45. The Labute approximate surface area is 192 Å². The Hall–Kier alpha value is -2.59. The average Bonchev–Trinajstić information content (AvgIpc) is 2.79. The summed E-state index contributed by atoms with van der Waals surface area (Å²) in [5, 5.41) is 2.72. The Balaban J connectivity index is 1.97. The topological polar surface area (TPSA) is 69.7 Å². The summed E-state index contributed by atoms with van der Waals surface area (Å²) >= 11 is 0. The second kappa shape index (κ2) is 10.1. The highest BCUT2D eigenvalue weighted by Crippen LogP contribution is 2.33. The van der Waals surface area contributed by atoms with Crippen molar-refractivity contribution in [1.82, 2.24) is 4.31 Å². The van der Waals surface area contributed by atoms with Gasteiger partial charge in [-0.05, 0) is 61.7 Å². The van der Waals surface area contributed by atoms with E-state index in [1.807, 2.05) is 0 Å². The summed E-state index contributed by atoms with van der Waals surface area (Å²) in [6.45, 7) is 5.64. The Kier molecular flexibility index (Phi) is 7.69. The molecule has 1 fully saturated rings. The molecule has 1 amide bonds.